The lowest BCUT2D eigenvalue weighted by atomic mass is 9.91. The Morgan fingerprint density at radius 3 is 1.02 bits per heavy atom. The van der Waals surface area contributed by atoms with E-state index in [1.165, 1.54) is 110 Å². The molecular weight excluding hydrogens is 677 g/mol. The molecule has 0 saturated heterocycles. The fourth-order valence-corrected chi connectivity index (χ4v) is 9.26. The maximum Gasteiger partial charge on any atom is 0.0547 e. The summed E-state index contributed by atoms with van der Waals surface area (Å²) in [6.07, 6.45) is 0. The molecule has 0 unspecified atom stereocenters. The van der Waals surface area contributed by atoms with Crippen molar-refractivity contribution < 1.29 is 0 Å². The van der Waals surface area contributed by atoms with Gasteiger partial charge in [-0.05, 0) is 127 Å². The highest BCUT2D eigenvalue weighted by Gasteiger charge is 2.18. The minimum atomic E-state index is 1.17. The number of fused-ring (bicyclic) bond motifs is 9. The van der Waals surface area contributed by atoms with Crippen molar-refractivity contribution in [2.75, 3.05) is 0 Å². The molecule has 0 saturated carbocycles. The lowest BCUT2D eigenvalue weighted by Gasteiger charge is -2.13. The standard InChI is InChI=1S/C54H34N2/c1-3-17-41(18-4-1)55-51-27-23-39(31-47(51)49-29-35-13-7-9-15-37(35)33-53(49)55)43-25-26-44(46-22-12-11-21-45(43)46)40-24-28-52-48(32-40)50-30-36-14-8-10-16-38(36)34-54(50)56(52)42-19-5-2-6-20-42/h1-34H. The summed E-state index contributed by atoms with van der Waals surface area (Å²) in [6.45, 7) is 0. The first-order chi connectivity index (χ1) is 27.8. The molecule has 0 aliphatic heterocycles. The van der Waals surface area contributed by atoms with Crippen LogP contribution in [-0.4, -0.2) is 9.13 Å². The van der Waals surface area contributed by atoms with Crippen LogP contribution in [0.2, 0.25) is 0 Å². The molecule has 12 aromatic rings. The van der Waals surface area contributed by atoms with Crippen molar-refractivity contribution in [3.8, 4) is 33.6 Å². The van der Waals surface area contributed by atoms with E-state index in [0.717, 1.165) is 0 Å². The Labute approximate surface area is 323 Å². The molecule has 260 valence electrons. The summed E-state index contributed by atoms with van der Waals surface area (Å²) in [7, 11) is 0. The Kier molecular flexibility index (Phi) is 6.66. The van der Waals surface area contributed by atoms with Gasteiger partial charge in [0.25, 0.3) is 0 Å². The number of hydrogen-bond acceptors (Lipinski definition) is 0. The predicted octanol–water partition coefficient (Wildman–Crippen LogP) is 14.7. The van der Waals surface area contributed by atoms with Gasteiger partial charge >= 0.3 is 0 Å². The van der Waals surface area contributed by atoms with Gasteiger partial charge in [0.2, 0.25) is 0 Å². The van der Waals surface area contributed by atoms with E-state index in [9.17, 15) is 0 Å². The molecular formula is C54H34N2. The third-order valence-corrected chi connectivity index (χ3v) is 11.8. The molecule has 0 aliphatic rings. The molecule has 0 amide bonds. The van der Waals surface area contributed by atoms with Crippen molar-refractivity contribution in [2.45, 2.75) is 0 Å². The van der Waals surface area contributed by atoms with E-state index in [2.05, 4.69) is 215 Å². The molecule has 2 nitrogen and oxygen atoms in total. The summed E-state index contributed by atoms with van der Waals surface area (Å²) in [4.78, 5) is 0. The smallest absolute Gasteiger partial charge is 0.0547 e. The molecule has 0 radical (unpaired) electrons. The Morgan fingerprint density at radius 1 is 0.232 bits per heavy atom. The molecule has 0 bridgehead atoms. The van der Waals surface area contributed by atoms with Gasteiger partial charge in [-0.2, -0.15) is 0 Å². The molecule has 2 heteroatoms. The average Bonchev–Trinajstić information content (AvgIpc) is 3.75. The SMILES string of the molecule is c1ccc(-n2c3ccc(-c4ccc(-c5ccc6c(c5)c5cc7ccccc7cc5n6-c5ccccc5)c5ccccc45)cc3c3cc4ccccc4cc32)cc1. The van der Waals surface area contributed by atoms with Crippen molar-refractivity contribution >= 4 is 75.9 Å². The number of rotatable bonds is 4. The Morgan fingerprint density at radius 2 is 0.589 bits per heavy atom. The van der Waals surface area contributed by atoms with E-state index in [0.29, 0.717) is 0 Å². The molecule has 0 atom stereocenters. The van der Waals surface area contributed by atoms with Crippen molar-refractivity contribution in [1.82, 2.24) is 9.13 Å². The topological polar surface area (TPSA) is 9.86 Å². The summed E-state index contributed by atoms with van der Waals surface area (Å²) in [5.41, 5.74) is 12.1. The minimum absolute atomic E-state index is 1.17. The number of aromatic nitrogens is 2. The number of hydrogen-bond donors (Lipinski definition) is 0. The van der Waals surface area contributed by atoms with E-state index in [1.807, 2.05) is 0 Å². The van der Waals surface area contributed by atoms with E-state index >= 15 is 0 Å². The third kappa shape index (κ3) is 4.63. The summed E-state index contributed by atoms with van der Waals surface area (Å²) in [6, 6.07) is 75.9. The molecule has 12 rings (SSSR count). The van der Waals surface area contributed by atoms with Gasteiger partial charge in [-0.3, -0.25) is 0 Å². The fraction of sp³-hybridized carbons (Fsp3) is 0. The van der Waals surface area contributed by atoms with Gasteiger partial charge in [0.05, 0.1) is 22.1 Å². The largest absolute Gasteiger partial charge is 0.309 e. The van der Waals surface area contributed by atoms with Gasteiger partial charge < -0.3 is 9.13 Å². The first-order valence-electron chi connectivity index (χ1n) is 19.3. The van der Waals surface area contributed by atoms with E-state index in [1.54, 1.807) is 0 Å². The second-order valence-corrected chi connectivity index (χ2v) is 14.9. The first kappa shape index (κ1) is 31.0. The average molecular weight is 711 g/mol. The molecule has 2 aromatic heterocycles. The van der Waals surface area contributed by atoms with Crippen LogP contribution in [0.5, 0.6) is 0 Å². The zero-order valence-corrected chi connectivity index (χ0v) is 30.5. The van der Waals surface area contributed by atoms with Gasteiger partial charge in [-0.25, -0.2) is 0 Å². The van der Waals surface area contributed by atoms with Crippen LogP contribution >= 0.6 is 0 Å². The van der Waals surface area contributed by atoms with Gasteiger partial charge in [0, 0.05) is 32.9 Å². The van der Waals surface area contributed by atoms with Crippen LogP contribution in [0.1, 0.15) is 0 Å². The van der Waals surface area contributed by atoms with E-state index < -0.39 is 0 Å². The highest BCUT2D eigenvalue weighted by molar-refractivity contribution is 6.17. The molecule has 56 heavy (non-hydrogen) atoms. The highest BCUT2D eigenvalue weighted by atomic mass is 15.0. The van der Waals surface area contributed by atoms with Crippen LogP contribution < -0.4 is 0 Å². The highest BCUT2D eigenvalue weighted by Crippen LogP contribution is 2.42. The Balaban J connectivity index is 1.06. The van der Waals surface area contributed by atoms with Gasteiger partial charge in [-0.1, -0.05) is 133 Å². The van der Waals surface area contributed by atoms with Gasteiger partial charge in [-0.15, -0.1) is 0 Å². The van der Waals surface area contributed by atoms with Crippen LogP contribution in [0.4, 0.5) is 0 Å². The third-order valence-electron chi connectivity index (χ3n) is 11.8. The lowest BCUT2D eigenvalue weighted by Crippen LogP contribution is -1.93. The molecule has 0 fully saturated rings. The van der Waals surface area contributed by atoms with Crippen molar-refractivity contribution in [2.24, 2.45) is 0 Å². The van der Waals surface area contributed by atoms with Gasteiger partial charge in [0.1, 0.15) is 0 Å². The number of para-hydroxylation sites is 2. The first-order valence-corrected chi connectivity index (χ1v) is 19.3. The van der Waals surface area contributed by atoms with E-state index in [4.69, 9.17) is 0 Å². The van der Waals surface area contributed by atoms with Crippen LogP contribution in [0, 0.1) is 0 Å². The Hall–Kier alpha value is -7.42. The van der Waals surface area contributed by atoms with Crippen LogP contribution in [0.3, 0.4) is 0 Å². The summed E-state index contributed by atoms with van der Waals surface area (Å²) in [5, 5.41) is 12.5. The van der Waals surface area contributed by atoms with E-state index in [-0.39, 0.29) is 0 Å². The quantitative estimate of drug-likeness (QED) is 0.172. The van der Waals surface area contributed by atoms with Crippen molar-refractivity contribution in [1.29, 1.82) is 0 Å². The second-order valence-electron chi connectivity index (χ2n) is 14.9. The number of benzene rings is 10. The summed E-state index contributed by atoms with van der Waals surface area (Å²) >= 11 is 0. The normalized spacial score (nSPS) is 11.9. The number of nitrogens with zero attached hydrogens (tertiary/aromatic N) is 2. The molecule has 10 aromatic carbocycles. The Bertz CT molecular complexity index is 3280. The van der Waals surface area contributed by atoms with Crippen LogP contribution in [-0.2, 0) is 0 Å². The van der Waals surface area contributed by atoms with Crippen LogP contribution in [0.15, 0.2) is 206 Å². The van der Waals surface area contributed by atoms with Crippen molar-refractivity contribution in [3.63, 3.8) is 0 Å². The van der Waals surface area contributed by atoms with Crippen molar-refractivity contribution in [3.05, 3.63) is 206 Å². The lowest BCUT2D eigenvalue weighted by molar-refractivity contribution is 1.18. The second kappa shape index (κ2) is 12.0. The maximum absolute atomic E-state index is 2.41. The van der Waals surface area contributed by atoms with Crippen LogP contribution in [0.25, 0.3) is 110 Å². The molecule has 0 N–H and O–H groups in total. The molecule has 0 spiro atoms. The summed E-state index contributed by atoms with van der Waals surface area (Å²) in [5.74, 6) is 0. The molecule has 2 heterocycles. The minimum Gasteiger partial charge on any atom is -0.309 e. The zero-order valence-electron chi connectivity index (χ0n) is 30.5. The predicted molar refractivity (Wildman–Crippen MR) is 239 cm³/mol. The molecule has 0 aliphatic carbocycles. The van der Waals surface area contributed by atoms with Gasteiger partial charge in [0.15, 0.2) is 0 Å². The maximum atomic E-state index is 2.41. The fourth-order valence-electron chi connectivity index (χ4n) is 9.26. The summed E-state index contributed by atoms with van der Waals surface area (Å²) < 4.78 is 4.83. The monoisotopic (exact) mass is 710 g/mol. The zero-order chi connectivity index (χ0) is 36.7.